The first-order valence-corrected chi connectivity index (χ1v) is 10.2. The molecule has 1 amide bonds. The number of halogens is 2. The van der Waals surface area contributed by atoms with Crippen LogP contribution in [-0.2, 0) is 10.0 Å². The number of carbonyl (C=O) groups excluding carboxylic acids is 1. The Kier molecular flexibility index (Phi) is 6.53. The standard InChI is InChI=1S/C17H17Cl2N3O5S/c1-9(2)20-17(23)11-4-5-13(18)15(6-11)21-28(26,27)12-7-14(19)10(3)16(8-12)22(24)25/h4-9,21H,1-3H3,(H,20,23). The van der Waals surface area contributed by atoms with Gasteiger partial charge >= 0.3 is 0 Å². The summed E-state index contributed by atoms with van der Waals surface area (Å²) in [5, 5.41) is 13.8. The van der Waals surface area contributed by atoms with Crippen LogP contribution in [-0.4, -0.2) is 25.3 Å². The van der Waals surface area contributed by atoms with Crippen molar-refractivity contribution < 1.29 is 18.1 Å². The van der Waals surface area contributed by atoms with Crippen LogP contribution in [0, 0.1) is 17.0 Å². The van der Waals surface area contributed by atoms with E-state index in [4.69, 9.17) is 23.2 Å². The zero-order valence-corrected chi connectivity index (χ0v) is 17.4. The topological polar surface area (TPSA) is 118 Å². The highest BCUT2D eigenvalue weighted by atomic mass is 35.5. The fraction of sp³-hybridized carbons (Fsp3) is 0.235. The van der Waals surface area contributed by atoms with Gasteiger partial charge < -0.3 is 5.32 Å². The molecular formula is C17H17Cl2N3O5S. The Hall–Kier alpha value is -2.36. The molecule has 0 aliphatic heterocycles. The molecule has 0 atom stereocenters. The minimum absolute atomic E-state index is 0.0441. The highest BCUT2D eigenvalue weighted by Gasteiger charge is 2.23. The van der Waals surface area contributed by atoms with Crippen LogP contribution < -0.4 is 10.0 Å². The van der Waals surface area contributed by atoms with Crippen LogP contribution in [0.15, 0.2) is 35.2 Å². The molecule has 0 radical (unpaired) electrons. The third-order valence-electron chi connectivity index (χ3n) is 3.69. The highest BCUT2D eigenvalue weighted by molar-refractivity contribution is 7.92. The Morgan fingerprint density at radius 2 is 1.79 bits per heavy atom. The molecule has 0 saturated heterocycles. The van der Waals surface area contributed by atoms with Crippen LogP contribution in [0.25, 0.3) is 0 Å². The average molecular weight is 446 g/mol. The number of hydrogen-bond donors (Lipinski definition) is 2. The van der Waals surface area contributed by atoms with Crippen molar-refractivity contribution in [1.82, 2.24) is 5.32 Å². The Bertz CT molecular complexity index is 1050. The van der Waals surface area contributed by atoms with Crippen molar-refractivity contribution >= 4 is 50.5 Å². The maximum absolute atomic E-state index is 12.7. The molecule has 0 fully saturated rings. The third-order valence-corrected chi connectivity index (χ3v) is 5.76. The number of sulfonamides is 1. The average Bonchev–Trinajstić information content (AvgIpc) is 2.57. The third kappa shape index (κ3) is 4.92. The first kappa shape index (κ1) is 21.9. The van der Waals surface area contributed by atoms with Crippen molar-refractivity contribution in [1.29, 1.82) is 0 Å². The predicted octanol–water partition coefficient (Wildman–Crippen LogP) is 4.15. The second kappa shape index (κ2) is 8.34. The second-order valence-electron chi connectivity index (χ2n) is 6.23. The number of carbonyl (C=O) groups is 1. The molecule has 0 bridgehead atoms. The summed E-state index contributed by atoms with van der Waals surface area (Å²) < 4.78 is 27.6. The summed E-state index contributed by atoms with van der Waals surface area (Å²) in [7, 11) is -4.25. The lowest BCUT2D eigenvalue weighted by atomic mass is 10.2. The van der Waals surface area contributed by atoms with E-state index in [0.717, 1.165) is 12.1 Å². The second-order valence-corrected chi connectivity index (χ2v) is 8.73. The van der Waals surface area contributed by atoms with Crippen molar-refractivity contribution in [2.24, 2.45) is 0 Å². The van der Waals surface area contributed by atoms with Gasteiger partial charge in [-0.3, -0.25) is 19.6 Å². The molecule has 2 rings (SSSR count). The summed E-state index contributed by atoms with van der Waals surface area (Å²) in [6.45, 7) is 4.98. The summed E-state index contributed by atoms with van der Waals surface area (Å²) >= 11 is 12.0. The molecule has 0 aliphatic carbocycles. The lowest BCUT2D eigenvalue weighted by molar-refractivity contribution is -0.385. The fourth-order valence-electron chi connectivity index (χ4n) is 2.28. The first-order valence-electron chi connectivity index (χ1n) is 8.00. The first-order chi connectivity index (χ1) is 12.9. The molecule has 2 N–H and O–H groups in total. The van der Waals surface area contributed by atoms with Gasteiger partial charge in [0.15, 0.2) is 0 Å². The number of nitro benzene ring substituents is 1. The molecule has 0 heterocycles. The van der Waals surface area contributed by atoms with E-state index < -0.39 is 31.4 Å². The lowest BCUT2D eigenvalue weighted by Crippen LogP contribution is -2.30. The van der Waals surface area contributed by atoms with Crippen molar-refractivity contribution in [2.45, 2.75) is 31.7 Å². The molecule has 2 aromatic carbocycles. The van der Waals surface area contributed by atoms with E-state index in [1.54, 1.807) is 13.8 Å². The zero-order chi connectivity index (χ0) is 21.2. The molecule has 8 nitrogen and oxygen atoms in total. The van der Waals surface area contributed by atoms with E-state index in [1.165, 1.54) is 25.1 Å². The van der Waals surface area contributed by atoms with Gasteiger partial charge in [-0.05, 0) is 45.0 Å². The Morgan fingerprint density at radius 1 is 1.14 bits per heavy atom. The van der Waals surface area contributed by atoms with E-state index in [2.05, 4.69) is 10.0 Å². The molecular weight excluding hydrogens is 429 g/mol. The maximum atomic E-state index is 12.7. The summed E-state index contributed by atoms with van der Waals surface area (Å²) in [6, 6.07) is 6.01. The summed E-state index contributed by atoms with van der Waals surface area (Å²) in [5.41, 5.74) is -0.124. The van der Waals surface area contributed by atoms with Crippen molar-refractivity contribution in [3.8, 4) is 0 Å². The van der Waals surface area contributed by atoms with Gasteiger partial charge in [0.1, 0.15) is 0 Å². The minimum atomic E-state index is -4.25. The number of anilines is 1. The maximum Gasteiger partial charge on any atom is 0.275 e. The molecule has 28 heavy (non-hydrogen) atoms. The van der Waals surface area contributed by atoms with Crippen LogP contribution in [0.5, 0.6) is 0 Å². The number of hydrogen-bond acceptors (Lipinski definition) is 5. The molecule has 11 heteroatoms. The molecule has 150 valence electrons. The van der Waals surface area contributed by atoms with Crippen LogP contribution in [0.4, 0.5) is 11.4 Å². The number of nitrogens with one attached hydrogen (secondary N) is 2. The van der Waals surface area contributed by atoms with Gasteiger partial charge in [0.25, 0.3) is 21.6 Å². The van der Waals surface area contributed by atoms with Crippen molar-refractivity contribution in [2.75, 3.05) is 4.72 Å². The van der Waals surface area contributed by atoms with Gasteiger partial charge in [-0.25, -0.2) is 8.42 Å². The lowest BCUT2D eigenvalue weighted by Gasteiger charge is -2.13. The number of benzene rings is 2. The minimum Gasteiger partial charge on any atom is -0.350 e. The zero-order valence-electron chi connectivity index (χ0n) is 15.1. The van der Waals surface area contributed by atoms with Crippen LogP contribution in [0.1, 0.15) is 29.8 Å². The van der Waals surface area contributed by atoms with Gasteiger partial charge in [0, 0.05) is 23.2 Å². The van der Waals surface area contributed by atoms with E-state index >= 15 is 0 Å². The molecule has 0 aromatic heterocycles. The number of nitro groups is 1. The Morgan fingerprint density at radius 3 is 2.36 bits per heavy atom. The van der Waals surface area contributed by atoms with Crippen molar-refractivity contribution in [3.05, 3.63) is 61.6 Å². The van der Waals surface area contributed by atoms with Crippen LogP contribution in [0.3, 0.4) is 0 Å². The molecule has 2 aromatic rings. The van der Waals surface area contributed by atoms with Gasteiger partial charge in [-0.15, -0.1) is 0 Å². The van der Waals surface area contributed by atoms with E-state index in [0.29, 0.717) is 0 Å². The molecule has 0 unspecified atom stereocenters. The largest absolute Gasteiger partial charge is 0.350 e. The quantitative estimate of drug-likeness (QED) is 0.511. The van der Waals surface area contributed by atoms with Crippen LogP contribution in [0.2, 0.25) is 10.0 Å². The summed E-state index contributed by atoms with van der Waals surface area (Å²) in [6.07, 6.45) is 0. The van der Waals surface area contributed by atoms with Gasteiger partial charge in [-0.1, -0.05) is 23.2 Å². The fourth-order valence-corrected chi connectivity index (χ4v) is 3.89. The van der Waals surface area contributed by atoms with Crippen molar-refractivity contribution in [3.63, 3.8) is 0 Å². The molecule has 0 aliphatic rings. The highest BCUT2D eigenvalue weighted by Crippen LogP contribution is 2.32. The van der Waals surface area contributed by atoms with E-state index in [9.17, 15) is 23.3 Å². The van der Waals surface area contributed by atoms with E-state index in [1.807, 2.05) is 0 Å². The van der Waals surface area contributed by atoms with E-state index in [-0.39, 0.29) is 32.9 Å². The monoisotopic (exact) mass is 445 g/mol. The smallest absolute Gasteiger partial charge is 0.275 e. The van der Waals surface area contributed by atoms with Gasteiger partial charge in [0.2, 0.25) is 0 Å². The molecule has 0 saturated carbocycles. The number of rotatable bonds is 6. The Balaban J connectivity index is 2.45. The SMILES string of the molecule is Cc1c(Cl)cc(S(=O)(=O)Nc2cc(C(=O)NC(C)C)ccc2Cl)cc1[N+](=O)[O-]. The summed E-state index contributed by atoms with van der Waals surface area (Å²) in [5.74, 6) is -0.402. The number of nitrogens with zero attached hydrogens (tertiary/aromatic N) is 1. The predicted molar refractivity (Wildman–Crippen MR) is 108 cm³/mol. The summed E-state index contributed by atoms with van der Waals surface area (Å²) in [4.78, 5) is 22.2. The van der Waals surface area contributed by atoms with Gasteiger partial charge in [-0.2, -0.15) is 0 Å². The van der Waals surface area contributed by atoms with Gasteiger partial charge in [0.05, 0.1) is 25.6 Å². The molecule has 0 spiro atoms. The van der Waals surface area contributed by atoms with Crippen LogP contribution >= 0.6 is 23.2 Å². The number of amides is 1. The normalized spacial score (nSPS) is 11.4. The Labute approximate surface area is 172 Å².